The minimum Gasteiger partial charge on any atom is -0.383 e. The van der Waals surface area contributed by atoms with Crippen molar-refractivity contribution in [2.75, 3.05) is 25.0 Å². The summed E-state index contributed by atoms with van der Waals surface area (Å²) >= 11 is 0. The van der Waals surface area contributed by atoms with E-state index in [9.17, 15) is 0 Å². The van der Waals surface area contributed by atoms with Crippen molar-refractivity contribution in [3.63, 3.8) is 0 Å². The van der Waals surface area contributed by atoms with Crippen molar-refractivity contribution in [3.05, 3.63) is 29.8 Å². The molecule has 1 unspecified atom stereocenters. The zero-order chi connectivity index (χ0) is 12.8. The highest BCUT2D eigenvalue weighted by atomic mass is 15.2. The maximum Gasteiger partial charge on any atom is 0.0991 e. The topological polar surface area (TPSA) is 39.1 Å². The molecule has 0 saturated carbocycles. The Labute approximate surface area is 109 Å². The second-order valence-electron chi connectivity index (χ2n) is 5.02. The molecule has 2 rings (SSSR count). The maximum absolute atomic E-state index is 8.74. The summed E-state index contributed by atoms with van der Waals surface area (Å²) in [5.74, 6) is 0. The molecule has 0 radical (unpaired) electrons. The summed E-state index contributed by atoms with van der Waals surface area (Å²) in [5.41, 5.74) is 1.81. The molecule has 0 aliphatic carbocycles. The molecular weight excluding hydrogens is 222 g/mol. The van der Waals surface area contributed by atoms with Crippen LogP contribution in [0.15, 0.2) is 24.3 Å². The number of anilines is 1. The normalized spacial score (nSPS) is 18.0. The van der Waals surface area contributed by atoms with Gasteiger partial charge < -0.3 is 5.32 Å². The molecule has 18 heavy (non-hydrogen) atoms. The van der Waals surface area contributed by atoms with Gasteiger partial charge >= 0.3 is 0 Å². The van der Waals surface area contributed by atoms with Crippen molar-refractivity contribution in [2.45, 2.75) is 32.2 Å². The Morgan fingerprint density at radius 1 is 1.22 bits per heavy atom. The Morgan fingerprint density at radius 2 is 1.89 bits per heavy atom. The molecule has 0 bridgehead atoms. The lowest BCUT2D eigenvalue weighted by atomic mass is 10.1. The third-order valence-electron chi connectivity index (χ3n) is 3.63. The Morgan fingerprint density at radius 3 is 2.50 bits per heavy atom. The van der Waals surface area contributed by atoms with Gasteiger partial charge in [-0.1, -0.05) is 6.42 Å². The van der Waals surface area contributed by atoms with Crippen LogP contribution in [-0.2, 0) is 0 Å². The summed E-state index contributed by atoms with van der Waals surface area (Å²) in [5, 5.41) is 12.2. The molecule has 0 spiro atoms. The standard InChI is InChI=1S/C15H21N3/c1-13(18-9-3-2-4-10-18)12-17-15-7-5-14(11-16)6-8-15/h5-8,13,17H,2-4,9-10,12H2,1H3. The average molecular weight is 243 g/mol. The third kappa shape index (κ3) is 3.48. The fraction of sp³-hybridized carbons (Fsp3) is 0.533. The van der Waals surface area contributed by atoms with E-state index in [1.54, 1.807) is 0 Å². The second-order valence-corrected chi connectivity index (χ2v) is 5.02. The Bertz CT molecular complexity index is 399. The fourth-order valence-corrected chi connectivity index (χ4v) is 2.42. The molecule has 1 saturated heterocycles. The Hall–Kier alpha value is -1.53. The fourth-order valence-electron chi connectivity index (χ4n) is 2.42. The van der Waals surface area contributed by atoms with Gasteiger partial charge in [0, 0.05) is 18.3 Å². The highest BCUT2D eigenvalue weighted by Gasteiger charge is 2.15. The van der Waals surface area contributed by atoms with Crippen LogP contribution in [0, 0.1) is 11.3 Å². The monoisotopic (exact) mass is 243 g/mol. The van der Waals surface area contributed by atoms with Crippen LogP contribution >= 0.6 is 0 Å². The number of hydrogen-bond acceptors (Lipinski definition) is 3. The summed E-state index contributed by atoms with van der Waals surface area (Å²) in [6.45, 7) is 5.71. The van der Waals surface area contributed by atoms with E-state index in [1.165, 1.54) is 32.4 Å². The van der Waals surface area contributed by atoms with E-state index in [2.05, 4.69) is 23.2 Å². The van der Waals surface area contributed by atoms with Crippen molar-refractivity contribution in [1.82, 2.24) is 4.90 Å². The smallest absolute Gasteiger partial charge is 0.0991 e. The zero-order valence-electron chi connectivity index (χ0n) is 11.0. The predicted octanol–water partition coefficient (Wildman–Crippen LogP) is 2.84. The summed E-state index contributed by atoms with van der Waals surface area (Å²) < 4.78 is 0. The first-order valence-electron chi connectivity index (χ1n) is 6.77. The van der Waals surface area contributed by atoms with Gasteiger partial charge in [0.05, 0.1) is 11.6 Å². The van der Waals surface area contributed by atoms with Crippen LogP contribution in [0.2, 0.25) is 0 Å². The minimum atomic E-state index is 0.570. The quantitative estimate of drug-likeness (QED) is 0.883. The molecule has 0 aromatic heterocycles. The van der Waals surface area contributed by atoms with Gasteiger partial charge in [-0.05, 0) is 57.1 Å². The number of nitrogens with zero attached hydrogens (tertiary/aromatic N) is 2. The van der Waals surface area contributed by atoms with Crippen LogP contribution < -0.4 is 5.32 Å². The summed E-state index contributed by atoms with van der Waals surface area (Å²) in [4.78, 5) is 2.56. The molecule has 1 aliphatic rings. The summed E-state index contributed by atoms with van der Waals surface area (Å²) in [6.07, 6.45) is 4.05. The number of likely N-dealkylation sites (tertiary alicyclic amines) is 1. The van der Waals surface area contributed by atoms with Gasteiger partial charge in [0.15, 0.2) is 0 Å². The van der Waals surface area contributed by atoms with Crippen LogP contribution in [0.3, 0.4) is 0 Å². The van der Waals surface area contributed by atoms with E-state index in [1.807, 2.05) is 24.3 Å². The van der Waals surface area contributed by atoms with Crippen molar-refractivity contribution < 1.29 is 0 Å². The minimum absolute atomic E-state index is 0.570. The van der Waals surface area contributed by atoms with E-state index in [0.29, 0.717) is 11.6 Å². The molecule has 1 aromatic rings. The van der Waals surface area contributed by atoms with Gasteiger partial charge in [-0.3, -0.25) is 4.90 Å². The largest absolute Gasteiger partial charge is 0.383 e. The van der Waals surface area contributed by atoms with E-state index < -0.39 is 0 Å². The average Bonchev–Trinajstić information content (AvgIpc) is 2.46. The van der Waals surface area contributed by atoms with Gasteiger partial charge in [0.25, 0.3) is 0 Å². The number of nitrogens with one attached hydrogen (secondary N) is 1. The van der Waals surface area contributed by atoms with Crippen LogP contribution in [-0.4, -0.2) is 30.6 Å². The maximum atomic E-state index is 8.74. The summed E-state index contributed by atoms with van der Waals surface area (Å²) in [7, 11) is 0. The molecule has 3 nitrogen and oxygen atoms in total. The first-order valence-corrected chi connectivity index (χ1v) is 6.77. The first kappa shape index (κ1) is 12.9. The summed E-state index contributed by atoms with van der Waals surface area (Å²) in [6, 6.07) is 10.4. The van der Waals surface area contributed by atoms with Gasteiger partial charge in [-0.25, -0.2) is 0 Å². The number of rotatable bonds is 4. The van der Waals surface area contributed by atoms with Gasteiger partial charge in [-0.2, -0.15) is 5.26 Å². The first-order chi connectivity index (χ1) is 8.79. The molecule has 1 fully saturated rings. The van der Waals surface area contributed by atoms with E-state index in [0.717, 1.165) is 12.2 Å². The second kappa shape index (κ2) is 6.42. The molecule has 1 heterocycles. The van der Waals surface area contributed by atoms with Crippen molar-refractivity contribution in [2.24, 2.45) is 0 Å². The number of benzene rings is 1. The van der Waals surface area contributed by atoms with E-state index >= 15 is 0 Å². The predicted molar refractivity (Wildman–Crippen MR) is 74.5 cm³/mol. The molecule has 1 aromatic carbocycles. The molecule has 1 N–H and O–H groups in total. The highest BCUT2D eigenvalue weighted by Crippen LogP contribution is 2.13. The Kier molecular flexibility index (Phi) is 4.60. The van der Waals surface area contributed by atoms with Crippen molar-refractivity contribution >= 4 is 5.69 Å². The lowest BCUT2D eigenvalue weighted by Gasteiger charge is -2.32. The lowest BCUT2D eigenvalue weighted by molar-refractivity contribution is 0.180. The van der Waals surface area contributed by atoms with Crippen LogP contribution in [0.5, 0.6) is 0 Å². The SMILES string of the molecule is CC(CNc1ccc(C#N)cc1)N1CCCCC1. The van der Waals surface area contributed by atoms with Gasteiger partial charge in [-0.15, -0.1) is 0 Å². The lowest BCUT2D eigenvalue weighted by Crippen LogP contribution is -2.41. The van der Waals surface area contributed by atoms with Crippen molar-refractivity contribution in [3.8, 4) is 6.07 Å². The number of hydrogen-bond donors (Lipinski definition) is 1. The molecule has 3 heteroatoms. The Balaban J connectivity index is 1.81. The molecule has 1 atom stereocenters. The van der Waals surface area contributed by atoms with Gasteiger partial charge in [0.2, 0.25) is 0 Å². The van der Waals surface area contributed by atoms with Crippen LogP contribution in [0.4, 0.5) is 5.69 Å². The molecule has 96 valence electrons. The van der Waals surface area contributed by atoms with Gasteiger partial charge in [0.1, 0.15) is 0 Å². The highest BCUT2D eigenvalue weighted by molar-refractivity contribution is 5.47. The molecular formula is C15H21N3. The van der Waals surface area contributed by atoms with E-state index in [4.69, 9.17) is 5.26 Å². The van der Waals surface area contributed by atoms with Crippen LogP contribution in [0.1, 0.15) is 31.7 Å². The number of nitriles is 1. The number of piperidine rings is 1. The van der Waals surface area contributed by atoms with E-state index in [-0.39, 0.29) is 0 Å². The molecule has 0 amide bonds. The van der Waals surface area contributed by atoms with Crippen molar-refractivity contribution in [1.29, 1.82) is 5.26 Å². The van der Waals surface area contributed by atoms with Crippen LogP contribution in [0.25, 0.3) is 0 Å². The zero-order valence-corrected chi connectivity index (χ0v) is 11.0. The third-order valence-corrected chi connectivity index (χ3v) is 3.63. The molecule has 1 aliphatic heterocycles.